The lowest BCUT2D eigenvalue weighted by molar-refractivity contribution is 1.01. The molecule has 1 heteroatoms. The number of nitrogens with zero attached hydrogens (tertiary/aromatic N) is 1. The Morgan fingerprint density at radius 2 is 2.00 bits per heavy atom. The lowest BCUT2D eigenvalue weighted by Gasteiger charge is -1.95. The van der Waals surface area contributed by atoms with Crippen LogP contribution in [-0.2, 0) is 6.42 Å². The molecule has 68 valence electrons. The van der Waals surface area contributed by atoms with Gasteiger partial charge in [-0.3, -0.25) is 4.99 Å². The van der Waals surface area contributed by atoms with Crippen LogP contribution in [0.3, 0.4) is 0 Å². The fraction of sp³-hybridized carbons (Fsp3) is 0.417. The van der Waals surface area contributed by atoms with Crippen LogP contribution in [0, 0.1) is 0 Å². The van der Waals surface area contributed by atoms with E-state index in [0.717, 1.165) is 12.8 Å². The first-order valence-electron chi connectivity index (χ1n) is 5.01. The van der Waals surface area contributed by atoms with Crippen LogP contribution in [0.1, 0.15) is 24.8 Å². The summed E-state index contributed by atoms with van der Waals surface area (Å²) in [5, 5.41) is 0. The van der Waals surface area contributed by atoms with Crippen molar-refractivity contribution in [1.82, 2.24) is 0 Å². The summed E-state index contributed by atoms with van der Waals surface area (Å²) in [4.78, 5) is 4.43. The molecule has 1 nitrogen and oxygen atoms in total. The lowest BCUT2D eigenvalue weighted by atomic mass is 10.1. The van der Waals surface area contributed by atoms with Gasteiger partial charge in [-0.1, -0.05) is 30.3 Å². The van der Waals surface area contributed by atoms with Gasteiger partial charge in [0.2, 0.25) is 0 Å². The molecule has 1 saturated carbocycles. The largest absolute Gasteiger partial charge is 0.294 e. The second-order valence-corrected chi connectivity index (χ2v) is 3.59. The summed E-state index contributed by atoms with van der Waals surface area (Å²) in [6.45, 7) is 0. The van der Waals surface area contributed by atoms with Gasteiger partial charge >= 0.3 is 0 Å². The molecule has 1 fully saturated rings. The molecule has 0 unspecified atom stereocenters. The highest BCUT2D eigenvalue weighted by atomic mass is 14.8. The fourth-order valence-corrected chi connectivity index (χ4v) is 1.32. The summed E-state index contributed by atoms with van der Waals surface area (Å²) >= 11 is 0. The topological polar surface area (TPSA) is 12.4 Å². The molecule has 0 aromatic heterocycles. The van der Waals surface area contributed by atoms with Gasteiger partial charge in [0.25, 0.3) is 0 Å². The van der Waals surface area contributed by atoms with E-state index in [1.807, 2.05) is 0 Å². The molecule has 0 aliphatic heterocycles. The number of aliphatic imine (C=N–C) groups is 1. The highest BCUT2D eigenvalue weighted by Crippen LogP contribution is 2.22. The zero-order chi connectivity index (χ0) is 8.93. The van der Waals surface area contributed by atoms with Gasteiger partial charge < -0.3 is 0 Å². The minimum atomic E-state index is 0.677. The van der Waals surface area contributed by atoms with Crippen molar-refractivity contribution in [2.24, 2.45) is 4.99 Å². The van der Waals surface area contributed by atoms with Gasteiger partial charge in [0, 0.05) is 6.04 Å². The predicted octanol–water partition coefficient (Wildman–Crippen LogP) is 2.85. The van der Waals surface area contributed by atoms with Gasteiger partial charge in [-0.25, -0.2) is 0 Å². The summed E-state index contributed by atoms with van der Waals surface area (Å²) < 4.78 is 0. The van der Waals surface area contributed by atoms with Crippen molar-refractivity contribution in [1.29, 1.82) is 0 Å². The van der Waals surface area contributed by atoms with Gasteiger partial charge in [0.15, 0.2) is 0 Å². The maximum atomic E-state index is 4.43. The van der Waals surface area contributed by atoms with E-state index < -0.39 is 0 Å². The molecular formula is C12H15N. The maximum Gasteiger partial charge on any atom is 0.0497 e. The minimum Gasteiger partial charge on any atom is -0.294 e. The van der Waals surface area contributed by atoms with Crippen LogP contribution >= 0.6 is 0 Å². The summed E-state index contributed by atoms with van der Waals surface area (Å²) in [6.07, 6.45) is 6.91. The van der Waals surface area contributed by atoms with Crippen molar-refractivity contribution in [3.8, 4) is 0 Å². The van der Waals surface area contributed by atoms with Crippen LogP contribution < -0.4 is 0 Å². The molecule has 0 atom stereocenters. The normalized spacial score (nSPS) is 16.6. The van der Waals surface area contributed by atoms with Gasteiger partial charge in [0.05, 0.1) is 0 Å². The quantitative estimate of drug-likeness (QED) is 0.621. The number of hydrogen-bond acceptors (Lipinski definition) is 1. The van der Waals surface area contributed by atoms with Gasteiger partial charge in [-0.15, -0.1) is 0 Å². The second kappa shape index (κ2) is 4.22. The Morgan fingerprint density at radius 3 is 2.69 bits per heavy atom. The minimum absolute atomic E-state index is 0.677. The van der Waals surface area contributed by atoms with Gasteiger partial charge in [-0.2, -0.15) is 0 Å². The van der Waals surface area contributed by atoms with Crippen LogP contribution in [0.2, 0.25) is 0 Å². The molecule has 1 aromatic rings. The van der Waals surface area contributed by atoms with Crippen molar-refractivity contribution in [3.05, 3.63) is 35.9 Å². The molecule has 13 heavy (non-hydrogen) atoms. The molecule has 0 spiro atoms. The van der Waals surface area contributed by atoms with Crippen molar-refractivity contribution in [2.75, 3.05) is 0 Å². The van der Waals surface area contributed by atoms with Crippen LogP contribution in [0.15, 0.2) is 35.3 Å². The first kappa shape index (κ1) is 8.49. The second-order valence-electron chi connectivity index (χ2n) is 3.59. The van der Waals surface area contributed by atoms with Crippen LogP contribution in [0.4, 0.5) is 0 Å². The summed E-state index contributed by atoms with van der Waals surface area (Å²) in [5.41, 5.74) is 1.41. The maximum absolute atomic E-state index is 4.43. The van der Waals surface area contributed by atoms with Gasteiger partial charge in [0.1, 0.15) is 0 Å². The Kier molecular flexibility index (Phi) is 2.75. The molecule has 0 heterocycles. The van der Waals surface area contributed by atoms with E-state index in [1.165, 1.54) is 18.4 Å². The molecule has 2 rings (SSSR count). The predicted molar refractivity (Wildman–Crippen MR) is 56.3 cm³/mol. The first-order valence-corrected chi connectivity index (χ1v) is 5.01. The zero-order valence-electron chi connectivity index (χ0n) is 7.82. The lowest BCUT2D eigenvalue weighted by Crippen LogP contribution is -1.86. The highest BCUT2D eigenvalue weighted by molar-refractivity contribution is 5.58. The van der Waals surface area contributed by atoms with Crippen molar-refractivity contribution in [2.45, 2.75) is 31.7 Å². The van der Waals surface area contributed by atoms with Gasteiger partial charge in [-0.05, 0) is 37.5 Å². The molecule has 0 saturated heterocycles. The Morgan fingerprint density at radius 1 is 1.23 bits per heavy atom. The standard InChI is InChI=1S/C12H15N/c1-2-5-11(6-3-1)7-4-10-13-12-8-9-12/h1-3,5-6,10,12H,4,7-9H2. The van der Waals surface area contributed by atoms with Crippen molar-refractivity contribution >= 4 is 6.21 Å². The van der Waals surface area contributed by atoms with Crippen molar-refractivity contribution in [3.63, 3.8) is 0 Å². The molecule has 0 amide bonds. The third-order valence-corrected chi connectivity index (χ3v) is 2.27. The summed E-state index contributed by atoms with van der Waals surface area (Å²) in [6, 6.07) is 11.3. The molecule has 0 radical (unpaired) electrons. The van der Waals surface area contributed by atoms with E-state index in [-0.39, 0.29) is 0 Å². The monoisotopic (exact) mass is 173 g/mol. The molecule has 1 aromatic carbocycles. The number of benzene rings is 1. The average molecular weight is 173 g/mol. The average Bonchev–Trinajstić information content (AvgIpc) is 2.98. The third-order valence-electron chi connectivity index (χ3n) is 2.27. The van der Waals surface area contributed by atoms with E-state index in [9.17, 15) is 0 Å². The Balaban J connectivity index is 1.73. The van der Waals surface area contributed by atoms with Crippen molar-refractivity contribution < 1.29 is 0 Å². The number of rotatable bonds is 4. The van der Waals surface area contributed by atoms with E-state index >= 15 is 0 Å². The molecule has 1 aliphatic carbocycles. The first-order chi connectivity index (χ1) is 6.45. The highest BCUT2D eigenvalue weighted by Gasteiger charge is 2.18. The third kappa shape index (κ3) is 3.02. The van der Waals surface area contributed by atoms with E-state index in [2.05, 4.69) is 41.5 Å². The molecule has 0 bridgehead atoms. The molecular weight excluding hydrogens is 158 g/mol. The van der Waals surface area contributed by atoms with Crippen LogP contribution in [-0.4, -0.2) is 12.3 Å². The SMILES string of the molecule is C(CCc1ccccc1)=NC1CC1. The Labute approximate surface area is 79.5 Å². The number of aryl methyl sites for hydroxylation is 1. The molecule has 0 N–H and O–H groups in total. The van der Waals surface area contributed by atoms with E-state index in [0.29, 0.717) is 6.04 Å². The van der Waals surface area contributed by atoms with E-state index in [1.54, 1.807) is 0 Å². The van der Waals surface area contributed by atoms with Crippen LogP contribution in [0.5, 0.6) is 0 Å². The summed E-state index contributed by atoms with van der Waals surface area (Å²) in [7, 11) is 0. The van der Waals surface area contributed by atoms with Crippen LogP contribution in [0.25, 0.3) is 0 Å². The van der Waals surface area contributed by atoms with E-state index in [4.69, 9.17) is 0 Å². The smallest absolute Gasteiger partial charge is 0.0497 e. The molecule has 1 aliphatic rings. The summed E-state index contributed by atoms with van der Waals surface area (Å²) in [5.74, 6) is 0. The fourth-order valence-electron chi connectivity index (χ4n) is 1.32. The number of hydrogen-bond donors (Lipinski definition) is 0. The zero-order valence-corrected chi connectivity index (χ0v) is 7.82. The Hall–Kier alpha value is -1.11. The Bertz CT molecular complexity index is 272.